The number of rotatable bonds is 1. The van der Waals surface area contributed by atoms with E-state index in [4.69, 9.17) is 0 Å². The van der Waals surface area contributed by atoms with Crippen LogP contribution in [-0.4, -0.2) is 9.85 Å². The van der Waals surface area contributed by atoms with Crippen LogP contribution in [0, 0.1) is 0 Å². The molecule has 0 aliphatic heterocycles. The third-order valence-electron chi connectivity index (χ3n) is 3.12. The number of hydrogen-bond donors (Lipinski definition) is 1. The van der Waals surface area contributed by atoms with Crippen molar-refractivity contribution in [2.45, 2.75) is 82.8 Å². The summed E-state index contributed by atoms with van der Waals surface area (Å²) in [5.41, 5.74) is 1.96. The van der Waals surface area contributed by atoms with Crippen molar-refractivity contribution in [3.05, 3.63) is 23.3 Å². The topological polar surface area (TPSA) is 20.2 Å². The van der Waals surface area contributed by atoms with Crippen molar-refractivity contribution < 1.29 is 5.11 Å². The molecule has 0 amide bonds. The van der Waals surface area contributed by atoms with Gasteiger partial charge in [0.05, 0.1) is 0 Å². The van der Waals surface area contributed by atoms with Gasteiger partial charge < -0.3 is 5.11 Å². The monoisotopic (exact) mass is 294 g/mol. The minimum Gasteiger partial charge on any atom is -0.507 e. The molecule has 0 aromatic heterocycles. The smallest absolute Gasteiger partial charge is 0.123 e. The Kier molecular flexibility index (Phi) is 4.61. The van der Waals surface area contributed by atoms with E-state index in [9.17, 15) is 5.11 Å². The molecule has 1 nitrogen and oxygen atoms in total. The first kappa shape index (κ1) is 17.4. The molecule has 0 atom stereocenters. The van der Waals surface area contributed by atoms with E-state index < -0.39 is 0 Å². The molecule has 20 heavy (non-hydrogen) atoms. The van der Waals surface area contributed by atoms with E-state index in [-0.39, 0.29) is 15.6 Å². The summed E-state index contributed by atoms with van der Waals surface area (Å²) in [6.45, 7) is 19.6. The van der Waals surface area contributed by atoms with Crippen LogP contribution in [0.4, 0.5) is 0 Å². The van der Waals surface area contributed by atoms with Gasteiger partial charge in [-0.1, -0.05) is 62.3 Å². The SMILES string of the molecule is CC(C)(C)Sc1cc(C(C)(C)C)c(O)c(C(C)(C)C)c1. The van der Waals surface area contributed by atoms with Crippen molar-refractivity contribution >= 4 is 11.8 Å². The van der Waals surface area contributed by atoms with Crippen LogP contribution in [-0.2, 0) is 10.8 Å². The van der Waals surface area contributed by atoms with Crippen molar-refractivity contribution in [2.75, 3.05) is 0 Å². The molecule has 114 valence electrons. The summed E-state index contributed by atoms with van der Waals surface area (Å²) in [4.78, 5) is 1.24. The zero-order valence-corrected chi connectivity index (χ0v) is 15.3. The fourth-order valence-corrected chi connectivity index (χ4v) is 3.22. The second-order valence-corrected chi connectivity index (χ2v) is 10.5. The molecule has 0 heterocycles. The quantitative estimate of drug-likeness (QED) is 0.653. The first-order valence-corrected chi connectivity index (χ1v) is 8.10. The lowest BCUT2D eigenvalue weighted by Gasteiger charge is -2.29. The van der Waals surface area contributed by atoms with E-state index in [0.717, 1.165) is 11.1 Å². The molecule has 2 heteroatoms. The summed E-state index contributed by atoms with van der Waals surface area (Å²) in [7, 11) is 0. The molecule has 0 aliphatic carbocycles. The molecule has 0 unspecified atom stereocenters. The van der Waals surface area contributed by atoms with Gasteiger partial charge in [-0.2, -0.15) is 0 Å². The first-order chi connectivity index (χ1) is 8.72. The standard InChI is InChI=1S/C18H30OS/c1-16(2,3)13-10-12(20-18(7,8)9)11-14(15(13)19)17(4,5)6/h10-11,19H,1-9H3. The Labute approximate surface area is 129 Å². The van der Waals surface area contributed by atoms with E-state index in [2.05, 4.69) is 74.4 Å². The maximum absolute atomic E-state index is 10.7. The van der Waals surface area contributed by atoms with E-state index in [1.54, 1.807) is 0 Å². The molecule has 0 fully saturated rings. The van der Waals surface area contributed by atoms with E-state index in [1.807, 2.05) is 11.8 Å². The zero-order chi connectivity index (χ0) is 15.9. The van der Waals surface area contributed by atoms with Crippen LogP contribution in [0.5, 0.6) is 5.75 Å². The van der Waals surface area contributed by atoms with Gasteiger partial charge in [-0.05, 0) is 23.0 Å². The molecule has 1 rings (SSSR count). The summed E-state index contributed by atoms with van der Waals surface area (Å²) in [5, 5.41) is 10.7. The van der Waals surface area contributed by atoms with Crippen LogP contribution in [0.2, 0.25) is 0 Å². The van der Waals surface area contributed by atoms with Crippen molar-refractivity contribution in [2.24, 2.45) is 0 Å². The molecule has 0 aliphatic rings. The average Bonchev–Trinajstić information content (AvgIpc) is 2.14. The van der Waals surface area contributed by atoms with Crippen LogP contribution in [0.25, 0.3) is 0 Å². The Balaban J connectivity index is 3.51. The Hall–Kier alpha value is -0.630. The van der Waals surface area contributed by atoms with Gasteiger partial charge in [0, 0.05) is 20.8 Å². The maximum Gasteiger partial charge on any atom is 0.123 e. The minimum atomic E-state index is -0.0570. The second kappa shape index (κ2) is 5.29. The fraction of sp³-hybridized carbons (Fsp3) is 0.667. The van der Waals surface area contributed by atoms with Crippen LogP contribution in [0.3, 0.4) is 0 Å². The van der Waals surface area contributed by atoms with Gasteiger partial charge in [0.25, 0.3) is 0 Å². The number of phenolic OH excluding ortho intramolecular Hbond substituents is 1. The number of hydrogen-bond acceptors (Lipinski definition) is 2. The third kappa shape index (κ3) is 4.44. The summed E-state index contributed by atoms with van der Waals surface area (Å²) < 4.78 is 0.168. The lowest BCUT2D eigenvalue weighted by Crippen LogP contribution is -2.18. The highest BCUT2D eigenvalue weighted by Crippen LogP contribution is 2.43. The molecular formula is C18H30OS. The molecule has 0 saturated carbocycles. The zero-order valence-electron chi connectivity index (χ0n) is 14.5. The van der Waals surface area contributed by atoms with Crippen molar-refractivity contribution in [1.29, 1.82) is 0 Å². The molecule has 0 spiro atoms. The molecule has 1 N–H and O–H groups in total. The lowest BCUT2D eigenvalue weighted by molar-refractivity contribution is 0.422. The molecular weight excluding hydrogens is 264 g/mol. The number of phenols is 1. The van der Waals surface area contributed by atoms with Gasteiger partial charge in [-0.25, -0.2) is 0 Å². The van der Waals surface area contributed by atoms with Crippen molar-refractivity contribution in [3.63, 3.8) is 0 Å². The highest BCUT2D eigenvalue weighted by molar-refractivity contribution is 8.00. The van der Waals surface area contributed by atoms with Crippen LogP contribution in [0.15, 0.2) is 17.0 Å². The van der Waals surface area contributed by atoms with Gasteiger partial charge in [0.15, 0.2) is 0 Å². The van der Waals surface area contributed by atoms with Gasteiger partial charge in [-0.15, -0.1) is 11.8 Å². The molecule has 1 aromatic rings. The van der Waals surface area contributed by atoms with Crippen LogP contribution in [0.1, 0.15) is 73.4 Å². The predicted octanol–water partition coefficient (Wildman–Crippen LogP) is 5.88. The third-order valence-corrected chi connectivity index (χ3v) is 4.21. The van der Waals surface area contributed by atoms with Crippen LogP contribution < -0.4 is 0 Å². The highest BCUT2D eigenvalue weighted by Gasteiger charge is 2.27. The Morgan fingerprint density at radius 2 is 1.10 bits per heavy atom. The number of thioether (sulfide) groups is 1. The Bertz CT molecular complexity index is 447. The molecule has 0 radical (unpaired) electrons. The second-order valence-electron chi connectivity index (χ2n) is 8.58. The lowest BCUT2D eigenvalue weighted by atomic mass is 9.79. The molecule has 1 aromatic carbocycles. The normalized spacial score (nSPS) is 13.7. The molecule has 0 saturated heterocycles. The van der Waals surface area contributed by atoms with E-state index >= 15 is 0 Å². The largest absolute Gasteiger partial charge is 0.507 e. The number of aromatic hydroxyl groups is 1. The summed E-state index contributed by atoms with van der Waals surface area (Å²) in [5.74, 6) is 0.461. The predicted molar refractivity (Wildman–Crippen MR) is 91.1 cm³/mol. The summed E-state index contributed by atoms with van der Waals surface area (Å²) in [6, 6.07) is 4.31. The minimum absolute atomic E-state index is 0.0570. The van der Waals surface area contributed by atoms with Crippen molar-refractivity contribution in [1.82, 2.24) is 0 Å². The van der Waals surface area contributed by atoms with Gasteiger partial charge in [0.2, 0.25) is 0 Å². The maximum atomic E-state index is 10.7. The van der Waals surface area contributed by atoms with Gasteiger partial charge >= 0.3 is 0 Å². The Morgan fingerprint density at radius 1 is 0.750 bits per heavy atom. The average molecular weight is 295 g/mol. The van der Waals surface area contributed by atoms with E-state index in [0.29, 0.717) is 5.75 Å². The van der Waals surface area contributed by atoms with Gasteiger partial charge in [0.1, 0.15) is 5.75 Å². The van der Waals surface area contributed by atoms with Gasteiger partial charge in [-0.3, -0.25) is 0 Å². The first-order valence-electron chi connectivity index (χ1n) is 7.29. The summed E-state index contributed by atoms with van der Waals surface area (Å²) >= 11 is 1.86. The molecule has 0 bridgehead atoms. The van der Waals surface area contributed by atoms with Crippen molar-refractivity contribution in [3.8, 4) is 5.75 Å². The van der Waals surface area contributed by atoms with E-state index in [1.165, 1.54) is 4.90 Å². The summed E-state index contributed by atoms with van der Waals surface area (Å²) in [6.07, 6.45) is 0. The Morgan fingerprint density at radius 3 is 1.35 bits per heavy atom. The fourth-order valence-electron chi connectivity index (χ4n) is 2.16. The highest BCUT2D eigenvalue weighted by atomic mass is 32.2. The number of benzene rings is 1. The van der Waals surface area contributed by atoms with Crippen LogP contribution >= 0.6 is 11.8 Å².